The highest BCUT2D eigenvalue weighted by molar-refractivity contribution is 5.93. The zero-order valence-corrected chi connectivity index (χ0v) is 21.5. The molecule has 2 aromatic carbocycles. The van der Waals surface area contributed by atoms with E-state index in [1.54, 1.807) is 0 Å². The number of carbonyl (C=O) groups is 2. The van der Waals surface area contributed by atoms with Gasteiger partial charge in [-0.3, -0.25) is 0 Å². The minimum Gasteiger partial charge on any atom is -0.467 e. The standard InChI is InChI=1S/C27H25F3N6O4/c1-3-40-24(37)19-14-32-26(34-22(19)27(28,29)30)33-21(25(38)39-2)15-31-23-18-12-8-7-11-17(18)20(35-36-23)13-16-9-5-4-6-10-16/h4-12,14,21H,3,13,15H2,1-2H3,(H,31,36)(H,32,33,34)/t21-/m0/s1. The van der Waals surface area contributed by atoms with Gasteiger partial charge in [-0.05, 0) is 12.5 Å². The van der Waals surface area contributed by atoms with Crippen LogP contribution in [0.4, 0.5) is 24.9 Å². The van der Waals surface area contributed by atoms with Crippen molar-refractivity contribution in [3.05, 3.63) is 83.3 Å². The van der Waals surface area contributed by atoms with Crippen LogP contribution in [-0.2, 0) is 26.9 Å². The number of alkyl halides is 3. The van der Waals surface area contributed by atoms with Gasteiger partial charge in [-0.2, -0.15) is 18.3 Å². The molecule has 40 heavy (non-hydrogen) atoms. The Balaban J connectivity index is 1.58. The van der Waals surface area contributed by atoms with E-state index in [-0.39, 0.29) is 13.2 Å². The van der Waals surface area contributed by atoms with E-state index in [9.17, 15) is 22.8 Å². The fraction of sp³-hybridized carbons (Fsp3) is 0.259. The van der Waals surface area contributed by atoms with Gasteiger partial charge in [-0.1, -0.05) is 54.6 Å². The average molecular weight is 555 g/mol. The van der Waals surface area contributed by atoms with Crippen LogP contribution in [-0.4, -0.2) is 58.4 Å². The maximum absolute atomic E-state index is 13.6. The SMILES string of the molecule is CCOC(=O)c1cnc(N[C@@H](CNc2nnc(Cc3ccccc3)c3ccccc23)C(=O)OC)nc1C(F)(F)F. The molecule has 0 aliphatic heterocycles. The molecular formula is C27H25F3N6O4. The second-order valence-corrected chi connectivity index (χ2v) is 8.48. The molecule has 13 heteroatoms. The number of rotatable bonds is 10. The highest BCUT2D eigenvalue weighted by Gasteiger charge is 2.39. The summed E-state index contributed by atoms with van der Waals surface area (Å²) in [5.41, 5.74) is -0.523. The molecule has 10 nitrogen and oxygen atoms in total. The van der Waals surface area contributed by atoms with Crippen molar-refractivity contribution in [3.63, 3.8) is 0 Å². The second kappa shape index (κ2) is 12.4. The highest BCUT2D eigenvalue weighted by Crippen LogP contribution is 2.31. The first-order valence-corrected chi connectivity index (χ1v) is 12.2. The monoisotopic (exact) mass is 554 g/mol. The molecule has 0 amide bonds. The topological polar surface area (TPSA) is 128 Å². The number of carbonyl (C=O) groups excluding carboxylic acids is 2. The lowest BCUT2D eigenvalue weighted by molar-refractivity contribution is -0.141. The number of hydrogen-bond donors (Lipinski definition) is 2. The predicted octanol–water partition coefficient (Wildman–Crippen LogP) is 4.27. The molecule has 0 bridgehead atoms. The van der Waals surface area contributed by atoms with E-state index in [2.05, 4.69) is 35.5 Å². The summed E-state index contributed by atoms with van der Waals surface area (Å²) >= 11 is 0. The molecule has 2 heterocycles. The lowest BCUT2D eigenvalue weighted by atomic mass is 10.0. The first-order valence-electron chi connectivity index (χ1n) is 12.2. The van der Waals surface area contributed by atoms with E-state index in [4.69, 9.17) is 4.74 Å². The number of aromatic nitrogens is 4. The van der Waals surface area contributed by atoms with Gasteiger partial charge in [0, 0.05) is 29.9 Å². The third-order valence-electron chi connectivity index (χ3n) is 5.79. The number of nitrogens with zero attached hydrogens (tertiary/aromatic N) is 4. The summed E-state index contributed by atoms with van der Waals surface area (Å²) in [7, 11) is 1.14. The number of ether oxygens (including phenoxy) is 2. The van der Waals surface area contributed by atoms with Gasteiger partial charge in [0.25, 0.3) is 0 Å². The summed E-state index contributed by atoms with van der Waals surface area (Å²) in [6.07, 6.45) is -3.72. The number of halogens is 3. The predicted molar refractivity (Wildman–Crippen MR) is 140 cm³/mol. The first kappa shape index (κ1) is 28.2. The molecule has 0 unspecified atom stereocenters. The number of benzene rings is 2. The van der Waals surface area contributed by atoms with Crippen LogP contribution in [0.3, 0.4) is 0 Å². The Morgan fingerprint density at radius 2 is 1.70 bits per heavy atom. The van der Waals surface area contributed by atoms with Crippen molar-refractivity contribution >= 4 is 34.5 Å². The molecule has 2 N–H and O–H groups in total. The third-order valence-corrected chi connectivity index (χ3v) is 5.79. The molecule has 2 aromatic heterocycles. The van der Waals surface area contributed by atoms with E-state index >= 15 is 0 Å². The summed E-state index contributed by atoms with van der Waals surface area (Å²) in [5.74, 6) is -2.18. The molecule has 208 valence electrons. The van der Waals surface area contributed by atoms with Gasteiger partial charge in [-0.25, -0.2) is 19.6 Å². The highest BCUT2D eigenvalue weighted by atomic mass is 19.4. The third kappa shape index (κ3) is 6.60. The molecule has 1 atom stereocenters. The Bertz CT molecular complexity index is 1500. The van der Waals surface area contributed by atoms with Crippen molar-refractivity contribution < 1.29 is 32.2 Å². The number of methoxy groups -OCH3 is 1. The van der Waals surface area contributed by atoms with Crippen LogP contribution in [0.25, 0.3) is 10.8 Å². The van der Waals surface area contributed by atoms with Crippen LogP contribution in [0.15, 0.2) is 60.8 Å². The largest absolute Gasteiger partial charge is 0.467 e. The van der Waals surface area contributed by atoms with E-state index < -0.39 is 41.4 Å². The molecule has 4 aromatic rings. The molecule has 0 radical (unpaired) electrons. The van der Waals surface area contributed by atoms with Crippen molar-refractivity contribution in [2.75, 3.05) is 30.9 Å². The van der Waals surface area contributed by atoms with Gasteiger partial charge in [-0.15, -0.1) is 5.10 Å². The molecular weight excluding hydrogens is 529 g/mol. The van der Waals surface area contributed by atoms with Gasteiger partial charge >= 0.3 is 18.1 Å². The Hall–Kier alpha value is -4.81. The van der Waals surface area contributed by atoms with Gasteiger partial charge in [0.1, 0.15) is 11.6 Å². The lowest BCUT2D eigenvalue weighted by Crippen LogP contribution is -2.38. The number of hydrogen-bond acceptors (Lipinski definition) is 10. The number of nitrogens with one attached hydrogen (secondary N) is 2. The van der Waals surface area contributed by atoms with Gasteiger partial charge in [0.15, 0.2) is 11.5 Å². The van der Waals surface area contributed by atoms with E-state index in [0.29, 0.717) is 18.4 Å². The maximum Gasteiger partial charge on any atom is 0.434 e. The smallest absolute Gasteiger partial charge is 0.434 e. The summed E-state index contributed by atoms with van der Waals surface area (Å²) in [6, 6.07) is 16.0. The van der Waals surface area contributed by atoms with E-state index in [1.165, 1.54) is 6.92 Å². The Morgan fingerprint density at radius 3 is 2.38 bits per heavy atom. The zero-order valence-electron chi connectivity index (χ0n) is 21.5. The molecule has 0 aliphatic carbocycles. The normalized spacial score (nSPS) is 12.0. The number of anilines is 2. The first-order chi connectivity index (χ1) is 19.2. The van der Waals surface area contributed by atoms with Crippen LogP contribution in [0.5, 0.6) is 0 Å². The zero-order chi connectivity index (χ0) is 28.7. The molecule has 0 aliphatic rings. The van der Waals surface area contributed by atoms with Crippen molar-refractivity contribution in [1.82, 2.24) is 20.2 Å². The Labute approximate surface area is 227 Å². The van der Waals surface area contributed by atoms with Crippen LogP contribution in [0.2, 0.25) is 0 Å². The molecule has 0 spiro atoms. The minimum atomic E-state index is -4.98. The van der Waals surface area contributed by atoms with Crippen LogP contribution in [0, 0.1) is 0 Å². The quantitative estimate of drug-likeness (QED) is 0.274. The van der Waals surface area contributed by atoms with Gasteiger partial charge in [0.05, 0.1) is 19.4 Å². The van der Waals surface area contributed by atoms with Crippen molar-refractivity contribution in [3.8, 4) is 0 Å². The van der Waals surface area contributed by atoms with Crippen molar-refractivity contribution in [2.45, 2.75) is 25.6 Å². The number of esters is 2. The Morgan fingerprint density at radius 1 is 1.00 bits per heavy atom. The summed E-state index contributed by atoms with van der Waals surface area (Å²) < 4.78 is 50.4. The van der Waals surface area contributed by atoms with Gasteiger partial charge in [0.2, 0.25) is 5.95 Å². The average Bonchev–Trinajstić information content (AvgIpc) is 2.95. The fourth-order valence-electron chi connectivity index (χ4n) is 3.93. The summed E-state index contributed by atoms with van der Waals surface area (Å²) in [6.45, 7) is 1.17. The second-order valence-electron chi connectivity index (χ2n) is 8.48. The Kier molecular flexibility index (Phi) is 8.72. The maximum atomic E-state index is 13.6. The summed E-state index contributed by atoms with van der Waals surface area (Å²) in [5, 5.41) is 15.8. The van der Waals surface area contributed by atoms with Crippen LogP contribution >= 0.6 is 0 Å². The fourth-order valence-corrected chi connectivity index (χ4v) is 3.93. The number of fused-ring (bicyclic) bond motifs is 1. The molecule has 0 saturated heterocycles. The van der Waals surface area contributed by atoms with Crippen LogP contribution in [0.1, 0.15) is 34.2 Å². The molecule has 0 saturated carbocycles. The minimum absolute atomic E-state index is 0.128. The van der Waals surface area contributed by atoms with Crippen molar-refractivity contribution in [1.29, 1.82) is 0 Å². The lowest BCUT2D eigenvalue weighted by Gasteiger charge is -2.19. The van der Waals surface area contributed by atoms with Gasteiger partial charge < -0.3 is 20.1 Å². The van der Waals surface area contributed by atoms with Crippen molar-refractivity contribution in [2.24, 2.45) is 0 Å². The molecule has 0 fully saturated rings. The van der Waals surface area contributed by atoms with Crippen LogP contribution < -0.4 is 10.6 Å². The van der Waals surface area contributed by atoms with E-state index in [1.807, 2.05) is 54.6 Å². The molecule has 4 rings (SSSR count). The van der Waals surface area contributed by atoms with E-state index in [0.717, 1.165) is 29.1 Å². The summed E-state index contributed by atoms with van der Waals surface area (Å²) in [4.78, 5) is 31.7.